The molecule has 1 aromatic carbocycles. The van der Waals surface area contributed by atoms with E-state index in [1.165, 1.54) is 37.5 Å². The third-order valence-corrected chi connectivity index (χ3v) is 5.93. The van der Waals surface area contributed by atoms with E-state index >= 15 is 0 Å². The van der Waals surface area contributed by atoms with E-state index in [1.807, 2.05) is 13.8 Å². The van der Waals surface area contributed by atoms with Crippen LogP contribution in [0.2, 0.25) is 0 Å². The summed E-state index contributed by atoms with van der Waals surface area (Å²) in [6, 6.07) is 6.05. The van der Waals surface area contributed by atoms with Gasteiger partial charge in [-0.1, -0.05) is 51.2 Å². The molecule has 164 valence electrons. The zero-order chi connectivity index (χ0) is 21.9. The van der Waals surface area contributed by atoms with Crippen molar-refractivity contribution >= 4 is 5.91 Å². The van der Waals surface area contributed by atoms with Crippen molar-refractivity contribution in [3.05, 3.63) is 41.2 Å². The van der Waals surface area contributed by atoms with Gasteiger partial charge in [0.05, 0.1) is 5.56 Å². The molecule has 0 saturated heterocycles. The molecule has 2 N–H and O–H groups in total. The van der Waals surface area contributed by atoms with Crippen LogP contribution >= 0.6 is 0 Å². The second-order valence-electron chi connectivity index (χ2n) is 7.94. The lowest BCUT2D eigenvalue weighted by Crippen LogP contribution is -2.17. The highest BCUT2D eigenvalue weighted by atomic mass is 19.4. The van der Waals surface area contributed by atoms with Crippen LogP contribution in [0.5, 0.6) is 5.75 Å². The molecule has 0 atom stereocenters. The van der Waals surface area contributed by atoms with E-state index in [4.69, 9.17) is 5.73 Å². The topological polar surface area (TPSA) is 57.2 Å². The molecule has 1 saturated carbocycles. The van der Waals surface area contributed by atoms with Gasteiger partial charge in [-0.3, -0.25) is 4.79 Å². The number of hydrogen-bond donors (Lipinski definition) is 1. The Labute approximate surface area is 175 Å². The van der Waals surface area contributed by atoms with E-state index in [0.717, 1.165) is 37.1 Å². The summed E-state index contributed by atoms with van der Waals surface area (Å²) in [5.74, 6) is -0.877. The fraction of sp³-hybridized carbons (Fsp3) is 0.522. The molecule has 0 unspecified atom stereocenters. The minimum Gasteiger partial charge on any atom is -0.406 e. The molecule has 0 aliphatic heterocycles. The molecule has 2 aromatic rings. The number of ether oxygens (including phenoxy) is 1. The maximum atomic E-state index is 12.7. The monoisotopic (exact) mass is 422 g/mol. The molecule has 1 aliphatic rings. The van der Waals surface area contributed by atoms with E-state index in [9.17, 15) is 18.0 Å². The van der Waals surface area contributed by atoms with Crippen molar-refractivity contribution in [1.82, 2.24) is 4.57 Å². The van der Waals surface area contributed by atoms with Crippen molar-refractivity contribution in [1.29, 1.82) is 0 Å². The minimum atomic E-state index is -4.78. The Bertz CT molecular complexity index is 895. The maximum Gasteiger partial charge on any atom is 0.573 e. The van der Waals surface area contributed by atoms with Gasteiger partial charge in [0.15, 0.2) is 0 Å². The lowest BCUT2D eigenvalue weighted by Gasteiger charge is -2.25. The molecule has 1 aliphatic carbocycles. The zero-order valence-corrected chi connectivity index (χ0v) is 17.5. The summed E-state index contributed by atoms with van der Waals surface area (Å²) in [4.78, 5) is 12.4. The number of rotatable bonds is 5. The summed E-state index contributed by atoms with van der Waals surface area (Å²) in [6.07, 6.45) is 3.82. The summed E-state index contributed by atoms with van der Waals surface area (Å²) in [5.41, 5.74) is 9.00. The van der Waals surface area contributed by atoms with Crippen LogP contribution in [0.4, 0.5) is 13.2 Å². The number of halogens is 3. The van der Waals surface area contributed by atoms with Crippen molar-refractivity contribution in [3.8, 4) is 16.9 Å². The molecule has 0 radical (unpaired) electrons. The number of nitrogens with zero attached hydrogens (tertiary/aromatic N) is 1. The largest absolute Gasteiger partial charge is 0.573 e. The fourth-order valence-electron chi connectivity index (χ4n) is 4.76. The maximum absolute atomic E-state index is 12.7. The normalized spacial score (nSPS) is 16.2. The SMILES string of the molecule is CCc1c(-c2cccc(OC(F)(F)F)c2)c(C(N)=O)c(C)n1C1CCCCCCC1. The van der Waals surface area contributed by atoms with Crippen molar-refractivity contribution < 1.29 is 22.7 Å². The van der Waals surface area contributed by atoms with Crippen molar-refractivity contribution in [2.45, 2.75) is 77.6 Å². The molecule has 4 nitrogen and oxygen atoms in total. The fourth-order valence-corrected chi connectivity index (χ4v) is 4.76. The average molecular weight is 422 g/mol. The molecule has 1 aromatic heterocycles. The highest BCUT2D eigenvalue weighted by Crippen LogP contribution is 2.39. The number of amides is 1. The van der Waals surface area contributed by atoms with Crippen LogP contribution in [0.25, 0.3) is 11.1 Å². The molecular weight excluding hydrogens is 393 g/mol. The number of alkyl halides is 3. The first-order valence-corrected chi connectivity index (χ1v) is 10.6. The number of benzene rings is 1. The molecule has 1 heterocycles. The number of aromatic nitrogens is 1. The quantitative estimate of drug-likeness (QED) is 0.614. The van der Waals surface area contributed by atoms with Crippen LogP contribution in [0.1, 0.15) is 79.7 Å². The first kappa shape index (κ1) is 22.2. The molecule has 1 fully saturated rings. The Morgan fingerprint density at radius 1 is 1.17 bits per heavy atom. The molecular formula is C23H29F3N2O2. The number of carbonyl (C=O) groups is 1. The van der Waals surface area contributed by atoms with Crippen molar-refractivity contribution in [2.75, 3.05) is 0 Å². The van der Waals surface area contributed by atoms with E-state index < -0.39 is 12.3 Å². The molecule has 0 spiro atoms. The minimum absolute atomic E-state index is 0.265. The van der Waals surface area contributed by atoms with E-state index in [1.54, 1.807) is 6.07 Å². The molecule has 1 amide bonds. The van der Waals surface area contributed by atoms with Crippen molar-refractivity contribution in [3.63, 3.8) is 0 Å². The van der Waals surface area contributed by atoms with Crippen LogP contribution < -0.4 is 10.5 Å². The third-order valence-electron chi connectivity index (χ3n) is 5.93. The van der Waals surface area contributed by atoms with Gasteiger partial charge >= 0.3 is 6.36 Å². The molecule has 3 rings (SSSR count). The number of primary amides is 1. The summed E-state index contributed by atoms with van der Waals surface area (Å²) in [6.45, 7) is 3.89. The summed E-state index contributed by atoms with van der Waals surface area (Å²) in [7, 11) is 0. The Kier molecular flexibility index (Phi) is 6.78. The van der Waals surface area contributed by atoms with E-state index in [-0.39, 0.29) is 11.8 Å². The van der Waals surface area contributed by atoms with Gasteiger partial charge in [-0.05, 0) is 43.9 Å². The van der Waals surface area contributed by atoms with Crippen LogP contribution in [0.3, 0.4) is 0 Å². The average Bonchev–Trinajstić information content (AvgIpc) is 2.93. The Morgan fingerprint density at radius 2 is 1.80 bits per heavy atom. The van der Waals surface area contributed by atoms with Crippen LogP contribution in [0.15, 0.2) is 24.3 Å². The van der Waals surface area contributed by atoms with Gasteiger partial charge in [0.2, 0.25) is 0 Å². The highest BCUT2D eigenvalue weighted by molar-refractivity contribution is 6.02. The number of carbonyl (C=O) groups excluding carboxylic acids is 1. The molecule has 0 bridgehead atoms. The zero-order valence-electron chi connectivity index (χ0n) is 17.5. The lowest BCUT2D eigenvalue weighted by molar-refractivity contribution is -0.274. The smallest absolute Gasteiger partial charge is 0.406 e. The predicted octanol–water partition coefficient (Wildman–Crippen LogP) is 6.31. The van der Waals surface area contributed by atoms with Crippen LogP contribution in [0, 0.1) is 6.92 Å². The molecule has 30 heavy (non-hydrogen) atoms. The Balaban J connectivity index is 2.14. The third kappa shape index (κ3) is 4.82. The van der Waals surface area contributed by atoms with Gasteiger partial charge in [0.1, 0.15) is 5.75 Å². The van der Waals surface area contributed by atoms with E-state index in [2.05, 4.69) is 9.30 Å². The predicted molar refractivity (Wildman–Crippen MR) is 111 cm³/mol. The van der Waals surface area contributed by atoms with Gasteiger partial charge in [0, 0.05) is 23.0 Å². The van der Waals surface area contributed by atoms with E-state index in [0.29, 0.717) is 23.1 Å². The van der Waals surface area contributed by atoms with Gasteiger partial charge in [-0.15, -0.1) is 13.2 Å². The lowest BCUT2D eigenvalue weighted by atomic mass is 9.96. The number of nitrogens with two attached hydrogens (primary N) is 1. The second-order valence-corrected chi connectivity index (χ2v) is 7.94. The second kappa shape index (κ2) is 9.14. The first-order chi connectivity index (χ1) is 14.2. The highest BCUT2D eigenvalue weighted by Gasteiger charge is 2.32. The van der Waals surface area contributed by atoms with Crippen LogP contribution in [-0.2, 0) is 6.42 Å². The van der Waals surface area contributed by atoms with Crippen LogP contribution in [-0.4, -0.2) is 16.8 Å². The van der Waals surface area contributed by atoms with Gasteiger partial charge in [-0.25, -0.2) is 0 Å². The first-order valence-electron chi connectivity index (χ1n) is 10.6. The summed E-state index contributed by atoms with van der Waals surface area (Å²) in [5, 5.41) is 0. The Morgan fingerprint density at radius 3 is 2.37 bits per heavy atom. The van der Waals surface area contributed by atoms with Crippen molar-refractivity contribution in [2.24, 2.45) is 5.73 Å². The standard InChI is InChI=1S/C23H29F3N2O2/c1-3-19-21(16-10-9-13-18(14-16)30-23(24,25)26)20(22(27)29)15(2)28(19)17-11-7-5-4-6-8-12-17/h9-10,13-14,17H,3-8,11-12H2,1-2H3,(H2,27,29). The summed E-state index contributed by atoms with van der Waals surface area (Å²) >= 11 is 0. The number of hydrogen-bond acceptors (Lipinski definition) is 2. The molecule has 7 heteroatoms. The van der Waals surface area contributed by atoms with Gasteiger partial charge in [-0.2, -0.15) is 0 Å². The summed E-state index contributed by atoms with van der Waals surface area (Å²) < 4.78 is 44.5. The Hall–Kier alpha value is -2.44. The van der Waals surface area contributed by atoms with Gasteiger partial charge in [0.25, 0.3) is 5.91 Å². The van der Waals surface area contributed by atoms with Gasteiger partial charge < -0.3 is 15.0 Å².